The van der Waals surface area contributed by atoms with Gasteiger partial charge in [-0.25, -0.2) is 0 Å². The molecule has 3 nitrogen and oxygen atoms in total. The Morgan fingerprint density at radius 1 is 1.05 bits per heavy atom. The first kappa shape index (κ1) is 13.6. The molecule has 3 rings (SSSR count). The Labute approximate surface area is 118 Å². The van der Waals surface area contributed by atoms with Crippen molar-refractivity contribution in [2.45, 2.75) is 13.0 Å². The topological polar surface area (TPSA) is 33.2 Å². The number of carbonyl (C=O) groups is 1. The number of halogens is 1. The third kappa shape index (κ3) is 2.76. The van der Waals surface area contributed by atoms with E-state index in [1.165, 1.54) is 11.1 Å². The van der Waals surface area contributed by atoms with Crippen LogP contribution in [0.2, 0.25) is 0 Å². The maximum absolute atomic E-state index is 12.3. The van der Waals surface area contributed by atoms with Gasteiger partial charge in [0.15, 0.2) is 0 Å². The van der Waals surface area contributed by atoms with Gasteiger partial charge in [-0.1, -0.05) is 24.3 Å². The summed E-state index contributed by atoms with van der Waals surface area (Å²) >= 11 is 0. The highest BCUT2D eigenvalue weighted by Gasteiger charge is 2.21. The number of fused-ring (bicyclic) bond motifs is 1. The Hall–Kier alpha value is -1.87. The zero-order valence-corrected chi connectivity index (χ0v) is 11.3. The fraction of sp³-hybridized carbons (Fsp3) is 0.200. The minimum atomic E-state index is 0. The molecule has 1 aromatic heterocycles. The summed E-state index contributed by atoms with van der Waals surface area (Å²) in [5.74, 6) is 0.0897. The molecule has 19 heavy (non-hydrogen) atoms. The van der Waals surface area contributed by atoms with E-state index in [4.69, 9.17) is 0 Å². The number of pyridine rings is 1. The lowest BCUT2D eigenvalue weighted by Gasteiger charge is -2.28. The largest absolute Gasteiger partial charge is 0.334 e. The first-order valence-corrected chi connectivity index (χ1v) is 6.11. The normalized spacial score (nSPS) is 13.4. The van der Waals surface area contributed by atoms with Crippen LogP contribution in [0.4, 0.5) is 0 Å². The third-order valence-corrected chi connectivity index (χ3v) is 3.35. The van der Waals surface area contributed by atoms with E-state index >= 15 is 0 Å². The van der Waals surface area contributed by atoms with E-state index < -0.39 is 0 Å². The summed E-state index contributed by atoms with van der Waals surface area (Å²) in [6, 6.07) is 11.9. The molecule has 1 aliphatic rings. The molecular weight excluding hydrogens is 260 g/mol. The van der Waals surface area contributed by atoms with E-state index in [-0.39, 0.29) is 18.3 Å². The molecule has 0 saturated carbocycles. The quantitative estimate of drug-likeness (QED) is 0.801. The predicted molar refractivity (Wildman–Crippen MR) is 76.4 cm³/mol. The van der Waals surface area contributed by atoms with Crippen molar-refractivity contribution >= 4 is 18.3 Å². The molecule has 98 valence electrons. The molecule has 0 atom stereocenters. The summed E-state index contributed by atoms with van der Waals surface area (Å²) in [6.07, 6.45) is 4.25. The van der Waals surface area contributed by atoms with Crippen LogP contribution in [0.3, 0.4) is 0 Å². The van der Waals surface area contributed by atoms with Gasteiger partial charge in [-0.2, -0.15) is 0 Å². The molecule has 1 amide bonds. The Bertz CT molecular complexity index is 571. The zero-order valence-electron chi connectivity index (χ0n) is 10.5. The van der Waals surface area contributed by atoms with Gasteiger partial charge >= 0.3 is 0 Å². The molecule has 0 saturated heterocycles. The van der Waals surface area contributed by atoms with Gasteiger partial charge in [-0.15, -0.1) is 12.4 Å². The molecule has 0 aliphatic carbocycles. The van der Waals surface area contributed by atoms with E-state index in [2.05, 4.69) is 23.2 Å². The van der Waals surface area contributed by atoms with Crippen LogP contribution in [-0.4, -0.2) is 22.3 Å². The summed E-state index contributed by atoms with van der Waals surface area (Å²) < 4.78 is 0. The van der Waals surface area contributed by atoms with Crippen molar-refractivity contribution in [2.24, 2.45) is 0 Å². The van der Waals surface area contributed by atoms with Crippen LogP contribution in [0.5, 0.6) is 0 Å². The van der Waals surface area contributed by atoms with E-state index in [1.54, 1.807) is 24.5 Å². The lowest BCUT2D eigenvalue weighted by molar-refractivity contribution is 0.0734. The van der Waals surface area contributed by atoms with Crippen LogP contribution >= 0.6 is 12.4 Å². The van der Waals surface area contributed by atoms with Crippen molar-refractivity contribution in [3.8, 4) is 0 Å². The molecule has 0 N–H and O–H groups in total. The number of hydrogen-bond acceptors (Lipinski definition) is 2. The number of nitrogens with zero attached hydrogens (tertiary/aromatic N) is 2. The van der Waals surface area contributed by atoms with Crippen molar-refractivity contribution in [3.05, 3.63) is 65.5 Å². The molecule has 2 aromatic rings. The molecule has 0 unspecified atom stereocenters. The van der Waals surface area contributed by atoms with Crippen LogP contribution in [0.15, 0.2) is 48.8 Å². The van der Waals surface area contributed by atoms with E-state index in [1.807, 2.05) is 11.0 Å². The summed E-state index contributed by atoms with van der Waals surface area (Å²) in [5.41, 5.74) is 3.33. The fourth-order valence-electron chi connectivity index (χ4n) is 2.35. The Kier molecular flexibility index (Phi) is 4.17. The number of hydrogen-bond donors (Lipinski definition) is 0. The second-order valence-electron chi connectivity index (χ2n) is 4.48. The summed E-state index contributed by atoms with van der Waals surface area (Å²) in [5, 5.41) is 0. The third-order valence-electron chi connectivity index (χ3n) is 3.35. The van der Waals surface area contributed by atoms with Crippen LogP contribution in [0.1, 0.15) is 21.5 Å². The second-order valence-corrected chi connectivity index (χ2v) is 4.48. The second kappa shape index (κ2) is 5.85. The highest BCUT2D eigenvalue weighted by Crippen LogP contribution is 2.19. The number of amides is 1. The van der Waals surface area contributed by atoms with E-state index in [0.717, 1.165) is 13.0 Å². The van der Waals surface area contributed by atoms with Gasteiger partial charge in [0.25, 0.3) is 5.91 Å². The van der Waals surface area contributed by atoms with Crippen LogP contribution in [0, 0.1) is 0 Å². The van der Waals surface area contributed by atoms with Crippen LogP contribution in [-0.2, 0) is 13.0 Å². The number of rotatable bonds is 1. The highest BCUT2D eigenvalue weighted by atomic mass is 35.5. The maximum atomic E-state index is 12.3. The Morgan fingerprint density at radius 3 is 2.47 bits per heavy atom. The standard InChI is InChI=1S/C15H14N2O.ClH/c18-15(13-5-8-16-9-6-13)17-10-7-12-3-1-2-4-14(12)11-17;/h1-6,8-9H,7,10-11H2;1H. The van der Waals surface area contributed by atoms with Gasteiger partial charge in [-0.05, 0) is 29.7 Å². The van der Waals surface area contributed by atoms with Gasteiger partial charge in [0.05, 0.1) is 0 Å². The molecule has 1 aromatic carbocycles. The number of benzene rings is 1. The molecule has 4 heteroatoms. The summed E-state index contributed by atoms with van der Waals surface area (Å²) in [6.45, 7) is 1.50. The van der Waals surface area contributed by atoms with Crippen LogP contribution < -0.4 is 0 Å². The molecule has 0 fully saturated rings. The predicted octanol–water partition coefficient (Wildman–Crippen LogP) is 2.70. The van der Waals surface area contributed by atoms with Gasteiger partial charge < -0.3 is 4.90 Å². The van der Waals surface area contributed by atoms with Gasteiger partial charge in [0.2, 0.25) is 0 Å². The lowest BCUT2D eigenvalue weighted by atomic mass is 9.99. The first-order valence-electron chi connectivity index (χ1n) is 6.11. The lowest BCUT2D eigenvalue weighted by Crippen LogP contribution is -2.35. The molecule has 0 spiro atoms. The fourth-order valence-corrected chi connectivity index (χ4v) is 2.35. The van der Waals surface area contributed by atoms with Crippen molar-refractivity contribution in [1.29, 1.82) is 0 Å². The summed E-state index contributed by atoms with van der Waals surface area (Å²) in [4.78, 5) is 18.1. The van der Waals surface area contributed by atoms with Crippen molar-refractivity contribution in [2.75, 3.05) is 6.54 Å². The SMILES string of the molecule is Cl.O=C(c1ccncc1)N1CCc2ccccc2C1. The summed E-state index contributed by atoms with van der Waals surface area (Å²) in [7, 11) is 0. The molecule has 0 bridgehead atoms. The average molecular weight is 275 g/mol. The number of aromatic nitrogens is 1. The molecular formula is C15H15ClN2O. The molecule has 1 aliphatic heterocycles. The minimum Gasteiger partial charge on any atom is -0.334 e. The average Bonchev–Trinajstić information content (AvgIpc) is 2.47. The van der Waals surface area contributed by atoms with E-state index in [0.29, 0.717) is 12.1 Å². The van der Waals surface area contributed by atoms with Gasteiger partial charge in [0.1, 0.15) is 0 Å². The number of carbonyl (C=O) groups excluding carboxylic acids is 1. The van der Waals surface area contributed by atoms with E-state index in [9.17, 15) is 4.79 Å². The van der Waals surface area contributed by atoms with Crippen molar-refractivity contribution < 1.29 is 4.79 Å². The smallest absolute Gasteiger partial charge is 0.254 e. The zero-order chi connectivity index (χ0) is 12.4. The Morgan fingerprint density at radius 2 is 1.74 bits per heavy atom. The van der Waals surface area contributed by atoms with Crippen molar-refractivity contribution in [3.63, 3.8) is 0 Å². The first-order chi connectivity index (χ1) is 8.84. The molecule has 0 radical (unpaired) electrons. The van der Waals surface area contributed by atoms with Crippen LogP contribution in [0.25, 0.3) is 0 Å². The highest BCUT2D eigenvalue weighted by molar-refractivity contribution is 5.94. The molecule has 2 heterocycles. The van der Waals surface area contributed by atoms with Gasteiger partial charge in [-0.3, -0.25) is 9.78 Å². The van der Waals surface area contributed by atoms with Crippen molar-refractivity contribution in [1.82, 2.24) is 9.88 Å². The van der Waals surface area contributed by atoms with Gasteiger partial charge in [0, 0.05) is 31.0 Å². The Balaban J connectivity index is 0.00000133. The monoisotopic (exact) mass is 274 g/mol. The maximum Gasteiger partial charge on any atom is 0.254 e. The minimum absolute atomic E-state index is 0.